The Balaban J connectivity index is 2.63. The zero-order valence-electron chi connectivity index (χ0n) is 10.5. The third-order valence-electron chi connectivity index (χ3n) is 3.08. The average molecular weight is 230 g/mol. The predicted octanol–water partition coefficient (Wildman–Crippen LogP) is 3.70. The highest BCUT2D eigenvalue weighted by atomic mass is 16.3. The van der Waals surface area contributed by atoms with Crippen LogP contribution in [0.1, 0.15) is 38.0 Å². The number of hydrogen-bond acceptors (Lipinski definition) is 2. The van der Waals surface area contributed by atoms with E-state index in [1.165, 1.54) is 0 Å². The van der Waals surface area contributed by atoms with E-state index in [-0.39, 0.29) is 5.43 Å². The average Bonchev–Trinajstić information content (AvgIpc) is 2.37. The number of para-hydroxylation sites is 1. The SMILES string of the molecule is CCCCc1c(CC)oc2ccccc2c1=O. The van der Waals surface area contributed by atoms with Crippen molar-refractivity contribution < 1.29 is 4.42 Å². The van der Waals surface area contributed by atoms with E-state index < -0.39 is 0 Å². The van der Waals surface area contributed by atoms with Crippen molar-refractivity contribution in [2.24, 2.45) is 0 Å². The van der Waals surface area contributed by atoms with Crippen molar-refractivity contribution in [2.75, 3.05) is 0 Å². The van der Waals surface area contributed by atoms with Crippen LogP contribution in [0, 0.1) is 0 Å². The van der Waals surface area contributed by atoms with Crippen molar-refractivity contribution in [3.63, 3.8) is 0 Å². The quantitative estimate of drug-likeness (QED) is 0.801. The molecule has 0 aliphatic carbocycles. The highest BCUT2D eigenvalue weighted by Gasteiger charge is 2.11. The molecule has 17 heavy (non-hydrogen) atoms. The van der Waals surface area contributed by atoms with Crippen LogP contribution in [0.4, 0.5) is 0 Å². The van der Waals surface area contributed by atoms with Gasteiger partial charge in [0.05, 0.1) is 5.39 Å². The molecule has 0 aliphatic heterocycles. The van der Waals surface area contributed by atoms with Crippen molar-refractivity contribution in [2.45, 2.75) is 39.5 Å². The number of benzene rings is 1. The van der Waals surface area contributed by atoms with Crippen LogP contribution in [0.15, 0.2) is 33.5 Å². The van der Waals surface area contributed by atoms with Gasteiger partial charge >= 0.3 is 0 Å². The fourth-order valence-corrected chi connectivity index (χ4v) is 2.12. The second kappa shape index (κ2) is 5.17. The van der Waals surface area contributed by atoms with E-state index in [0.29, 0.717) is 11.0 Å². The Labute approximate surface area is 101 Å². The first-order valence-electron chi connectivity index (χ1n) is 6.31. The van der Waals surface area contributed by atoms with Gasteiger partial charge in [-0.05, 0) is 25.0 Å². The Morgan fingerprint density at radius 1 is 1.18 bits per heavy atom. The second-order valence-electron chi connectivity index (χ2n) is 4.29. The number of hydrogen-bond donors (Lipinski definition) is 0. The van der Waals surface area contributed by atoms with Crippen molar-refractivity contribution in [1.29, 1.82) is 0 Å². The molecule has 0 aliphatic rings. The minimum absolute atomic E-state index is 0.150. The summed E-state index contributed by atoms with van der Waals surface area (Å²) in [7, 11) is 0. The number of unbranched alkanes of at least 4 members (excludes halogenated alkanes) is 1. The molecule has 0 radical (unpaired) electrons. The summed E-state index contributed by atoms with van der Waals surface area (Å²) in [5, 5.41) is 0.704. The first-order chi connectivity index (χ1) is 8.27. The van der Waals surface area contributed by atoms with E-state index in [1.807, 2.05) is 31.2 Å². The predicted molar refractivity (Wildman–Crippen MR) is 70.5 cm³/mol. The van der Waals surface area contributed by atoms with Gasteiger partial charge in [0.15, 0.2) is 5.43 Å². The van der Waals surface area contributed by atoms with E-state index in [2.05, 4.69) is 6.92 Å². The zero-order valence-corrected chi connectivity index (χ0v) is 10.5. The molecule has 2 aromatic rings. The Morgan fingerprint density at radius 2 is 1.94 bits per heavy atom. The standard InChI is InChI=1S/C15H18O2/c1-3-5-8-11-13(4-2)17-14-10-7-6-9-12(14)15(11)16/h6-7,9-10H,3-5,8H2,1-2H3. The summed E-state index contributed by atoms with van der Waals surface area (Å²) in [5.74, 6) is 0.849. The van der Waals surface area contributed by atoms with Crippen LogP contribution in [-0.2, 0) is 12.8 Å². The summed E-state index contributed by atoms with van der Waals surface area (Å²) >= 11 is 0. The van der Waals surface area contributed by atoms with Gasteiger partial charge in [0, 0.05) is 12.0 Å². The van der Waals surface area contributed by atoms with Crippen LogP contribution in [-0.4, -0.2) is 0 Å². The van der Waals surface area contributed by atoms with Gasteiger partial charge in [-0.25, -0.2) is 0 Å². The summed E-state index contributed by atoms with van der Waals surface area (Å²) in [6.45, 7) is 4.16. The molecular weight excluding hydrogens is 212 g/mol. The molecule has 0 atom stereocenters. The normalized spacial score (nSPS) is 10.9. The van der Waals surface area contributed by atoms with Crippen molar-refractivity contribution in [1.82, 2.24) is 0 Å². The molecule has 2 rings (SSSR count). The summed E-state index contributed by atoms with van der Waals surface area (Å²) in [5.41, 5.74) is 1.72. The van der Waals surface area contributed by atoms with Gasteiger partial charge < -0.3 is 4.42 Å². The summed E-state index contributed by atoms with van der Waals surface area (Å²) < 4.78 is 5.82. The molecule has 0 amide bonds. The van der Waals surface area contributed by atoms with E-state index in [1.54, 1.807) is 0 Å². The van der Waals surface area contributed by atoms with Crippen LogP contribution < -0.4 is 5.43 Å². The maximum Gasteiger partial charge on any atom is 0.196 e. The Kier molecular flexibility index (Phi) is 3.62. The van der Waals surface area contributed by atoms with Crippen molar-refractivity contribution >= 4 is 11.0 Å². The highest BCUT2D eigenvalue weighted by Crippen LogP contribution is 2.17. The molecule has 0 bridgehead atoms. The van der Waals surface area contributed by atoms with Gasteiger partial charge in [-0.1, -0.05) is 32.4 Å². The molecule has 0 spiro atoms. The Hall–Kier alpha value is -1.57. The number of rotatable bonds is 4. The molecule has 0 saturated carbocycles. The highest BCUT2D eigenvalue weighted by molar-refractivity contribution is 5.77. The Bertz CT molecular complexity index is 567. The van der Waals surface area contributed by atoms with Gasteiger partial charge in [-0.2, -0.15) is 0 Å². The van der Waals surface area contributed by atoms with Gasteiger partial charge in [0.2, 0.25) is 0 Å². The lowest BCUT2D eigenvalue weighted by atomic mass is 10.0. The zero-order chi connectivity index (χ0) is 12.3. The molecule has 2 nitrogen and oxygen atoms in total. The fraction of sp³-hybridized carbons (Fsp3) is 0.400. The molecule has 0 N–H and O–H groups in total. The van der Waals surface area contributed by atoms with Crippen LogP contribution in [0.25, 0.3) is 11.0 Å². The number of aryl methyl sites for hydroxylation is 1. The minimum Gasteiger partial charge on any atom is -0.461 e. The van der Waals surface area contributed by atoms with Crippen LogP contribution in [0.2, 0.25) is 0 Å². The van der Waals surface area contributed by atoms with Gasteiger partial charge in [0.25, 0.3) is 0 Å². The molecule has 1 aromatic heterocycles. The lowest BCUT2D eigenvalue weighted by Gasteiger charge is -2.07. The summed E-state index contributed by atoms with van der Waals surface area (Å²) in [4.78, 5) is 12.4. The molecule has 2 heteroatoms. The maximum absolute atomic E-state index is 12.4. The monoisotopic (exact) mass is 230 g/mol. The van der Waals surface area contributed by atoms with Crippen molar-refractivity contribution in [3.05, 3.63) is 45.8 Å². The molecule has 90 valence electrons. The van der Waals surface area contributed by atoms with E-state index in [0.717, 1.165) is 37.0 Å². The smallest absolute Gasteiger partial charge is 0.196 e. The topological polar surface area (TPSA) is 30.2 Å². The third-order valence-corrected chi connectivity index (χ3v) is 3.08. The summed E-state index contributed by atoms with van der Waals surface area (Å²) in [6.07, 6.45) is 3.73. The maximum atomic E-state index is 12.4. The van der Waals surface area contributed by atoms with Gasteiger partial charge in [0.1, 0.15) is 11.3 Å². The molecule has 0 unspecified atom stereocenters. The van der Waals surface area contributed by atoms with Crippen LogP contribution in [0.5, 0.6) is 0 Å². The summed E-state index contributed by atoms with van der Waals surface area (Å²) in [6, 6.07) is 7.49. The van der Waals surface area contributed by atoms with Gasteiger partial charge in [-0.15, -0.1) is 0 Å². The molecule has 0 saturated heterocycles. The molecule has 1 heterocycles. The first-order valence-corrected chi connectivity index (χ1v) is 6.31. The molecule has 0 fully saturated rings. The largest absolute Gasteiger partial charge is 0.461 e. The minimum atomic E-state index is 0.150. The van der Waals surface area contributed by atoms with E-state index in [9.17, 15) is 4.79 Å². The van der Waals surface area contributed by atoms with E-state index >= 15 is 0 Å². The lowest BCUT2D eigenvalue weighted by Crippen LogP contribution is -2.12. The molecule has 1 aromatic carbocycles. The molecular formula is C15H18O2. The Morgan fingerprint density at radius 3 is 2.65 bits per heavy atom. The second-order valence-corrected chi connectivity index (χ2v) is 4.29. The first kappa shape index (κ1) is 11.9. The van der Waals surface area contributed by atoms with Crippen LogP contribution in [0.3, 0.4) is 0 Å². The van der Waals surface area contributed by atoms with E-state index in [4.69, 9.17) is 4.42 Å². The van der Waals surface area contributed by atoms with Gasteiger partial charge in [-0.3, -0.25) is 4.79 Å². The fourth-order valence-electron chi connectivity index (χ4n) is 2.12. The number of fused-ring (bicyclic) bond motifs is 1. The van der Waals surface area contributed by atoms with Crippen molar-refractivity contribution in [3.8, 4) is 0 Å². The third kappa shape index (κ3) is 2.26. The van der Waals surface area contributed by atoms with Crippen LogP contribution >= 0.6 is 0 Å². The lowest BCUT2D eigenvalue weighted by molar-refractivity contribution is 0.530.